The van der Waals surface area contributed by atoms with Crippen LogP contribution >= 0.6 is 0 Å². The fraction of sp³-hybridized carbons (Fsp3) is 0.133. The lowest BCUT2D eigenvalue weighted by Gasteiger charge is -2.21. The van der Waals surface area contributed by atoms with Gasteiger partial charge < -0.3 is 4.74 Å². The molecule has 2 aromatic carbocycles. The van der Waals surface area contributed by atoms with Crippen molar-refractivity contribution < 1.29 is 4.74 Å². The first-order valence-electron chi connectivity index (χ1n) is 5.97. The Morgan fingerprint density at radius 2 is 1.39 bits per heavy atom. The summed E-state index contributed by atoms with van der Waals surface area (Å²) in [6.45, 7) is 1.99. The van der Waals surface area contributed by atoms with E-state index in [2.05, 4.69) is 24.3 Å². The van der Waals surface area contributed by atoms with E-state index >= 15 is 0 Å². The minimum Gasteiger partial charge on any atom is -0.428 e. The molecule has 2 aromatic rings. The van der Waals surface area contributed by atoms with Crippen molar-refractivity contribution in [3.8, 4) is 6.26 Å². The molecule has 1 unspecified atom stereocenters. The highest BCUT2D eigenvalue weighted by molar-refractivity contribution is 6.86. The Morgan fingerprint density at radius 3 is 1.78 bits per heavy atom. The molecule has 0 aromatic heterocycles. The fourth-order valence-electron chi connectivity index (χ4n) is 2.21. The van der Waals surface area contributed by atoms with Crippen molar-refractivity contribution in [1.29, 1.82) is 5.26 Å². The Labute approximate surface area is 109 Å². The normalized spacial score (nSPS) is 11.8. The van der Waals surface area contributed by atoms with Crippen molar-refractivity contribution in [1.82, 2.24) is 0 Å². The number of nitrogens with zero attached hydrogens (tertiary/aromatic N) is 1. The quantitative estimate of drug-likeness (QED) is 0.610. The maximum Gasteiger partial charge on any atom is 0.286 e. The fourth-order valence-corrected chi connectivity index (χ4v) is 5.15. The van der Waals surface area contributed by atoms with E-state index in [-0.39, 0.29) is 5.73 Å². The van der Waals surface area contributed by atoms with Gasteiger partial charge >= 0.3 is 0 Å². The van der Waals surface area contributed by atoms with Crippen LogP contribution < -0.4 is 10.4 Å². The van der Waals surface area contributed by atoms with Crippen LogP contribution in [0.3, 0.4) is 0 Å². The first kappa shape index (κ1) is 12.4. The second-order valence-corrected chi connectivity index (χ2v) is 7.44. The molecule has 0 radical (unpaired) electrons. The molecule has 2 rings (SSSR count). The number of hydrogen-bond donors (Lipinski definition) is 0. The molecular formula is C15H15NOSi. The molecule has 0 amide bonds. The van der Waals surface area contributed by atoms with Gasteiger partial charge in [-0.25, -0.2) is 0 Å². The summed E-state index contributed by atoms with van der Waals surface area (Å²) in [5, 5.41) is 11.3. The number of hydrogen-bond acceptors (Lipinski definition) is 2. The number of rotatable bonds is 4. The zero-order valence-corrected chi connectivity index (χ0v) is 11.4. The molecule has 0 fully saturated rings. The summed E-state index contributed by atoms with van der Waals surface area (Å²) in [5.41, 5.74) is -0.0419. The SMILES string of the molecule is CC(OC#N)[SiH](c1ccccc1)c1ccccc1. The molecule has 0 saturated carbocycles. The van der Waals surface area contributed by atoms with Crippen molar-refractivity contribution >= 4 is 19.2 Å². The van der Waals surface area contributed by atoms with Gasteiger partial charge in [0.05, 0.1) is 0 Å². The largest absolute Gasteiger partial charge is 0.428 e. The molecule has 2 nitrogen and oxygen atoms in total. The van der Waals surface area contributed by atoms with Crippen LogP contribution in [0, 0.1) is 11.5 Å². The third kappa shape index (κ3) is 2.79. The molecule has 0 heterocycles. The topological polar surface area (TPSA) is 33.0 Å². The van der Waals surface area contributed by atoms with Gasteiger partial charge in [-0.1, -0.05) is 71.0 Å². The Morgan fingerprint density at radius 1 is 0.944 bits per heavy atom. The van der Waals surface area contributed by atoms with Gasteiger partial charge in [0.25, 0.3) is 6.26 Å². The van der Waals surface area contributed by atoms with Gasteiger partial charge in [-0.05, 0) is 6.92 Å². The highest BCUT2D eigenvalue weighted by Crippen LogP contribution is 2.01. The molecule has 0 aliphatic heterocycles. The van der Waals surface area contributed by atoms with E-state index in [1.54, 1.807) is 0 Å². The zero-order chi connectivity index (χ0) is 12.8. The van der Waals surface area contributed by atoms with Gasteiger partial charge in [-0.15, -0.1) is 0 Å². The summed E-state index contributed by atoms with van der Waals surface area (Å²) in [6.07, 6.45) is 1.82. The van der Waals surface area contributed by atoms with E-state index in [1.165, 1.54) is 10.4 Å². The van der Waals surface area contributed by atoms with E-state index in [9.17, 15) is 0 Å². The molecule has 0 saturated heterocycles. The summed E-state index contributed by atoms with van der Waals surface area (Å²) in [7, 11) is -1.51. The maximum absolute atomic E-state index is 8.73. The predicted octanol–water partition coefficient (Wildman–Crippen LogP) is 1.45. The molecule has 1 atom stereocenters. The first-order valence-corrected chi connectivity index (χ1v) is 7.79. The van der Waals surface area contributed by atoms with Crippen LogP contribution in [-0.4, -0.2) is 14.5 Å². The predicted molar refractivity (Wildman–Crippen MR) is 75.5 cm³/mol. The van der Waals surface area contributed by atoms with Gasteiger partial charge in [-0.2, -0.15) is 5.26 Å². The average Bonchev–Trinajstić information content (AvgIpc) is 2.42. The molecule has 18 heavy (non-hydrogen) atoms. The lowest BCUT2D eigenvalue weighted by Crippen LogP contribution is -2.51. The first-order chi connectivity index (χ1) is 8.83. The molecule has 0 bridgehead atoms. The summed E-state index contributed by atoms with van der Waals surface area (Å²) in [5.74, 6) is 0. The lowest BCUT2D eigenvalue weighted by atomic mass is 10.4. The van der Waals surface area contributed by atoms with Crippen molar-refractivity contribution in [3.05, 3.63) is 60.7 Å². The smallest absolute Gasteiger partial charge is 0.286 e. The third-order valence-corrected chi connectivity index (χ3v) is 6.31. The van der Waals surface area contributed by atoms with E-state index in [0.29, 0.717) is 0 Å². The summed E-state index contributed by atoms with van der Waals surface area (Å²) < 4.78 is 5.18. The van der Waals surface area contributed by atoms with Crippen molar-refractivity contribution in [2.45, 2.75) is 12.7 Å². The number of benzene rings is 2. The lowest BCUT2D eigenvalue weighted by molar-refractivity contribution is 0.248. The van der Waals surface area contributed by atoms with Crippen LogP contribution in [-0.2, 0) is 4.74 Å². The molecule has 0 spiro atoms. The molecule has 0 aliphatic carbocycles. The third-order valence-electron chi connectivity index (χ3n) is 3.03. The molecule has 0 aliphatic rings. The van der Waals surface area contributed by atoms with Crippen molar-refractivity contribution in [3.63, 3.8) is 0 Å². The Hall–Kier alpha value is -2.05. The Kier molecular flexibility index (Phi) is 4.16. The summed E-state index contributed by atoms with van der Waals surface area (Å²) in [4.78, 5) is 0. The summed E-state index contributed by atoms with van der Waals surface area (Å²) in [6, 6.07) is 20.7. The molecule has 0 N–H and O–H groups in total. The number of ether oxygens (including phenoxy) is 1. The maximum atomic E-state index is 8.73. The van der Waals surface area contributed by atoms with E-state index in [4.69, 9.17) is 10.00 Å². The second-order valence-electron chi connectivity index (χ2n) is 4.21. The summed E-state index contributed by atoms with van der Waals surface area (Å²) >= 11 is 0. The Balaban J connectivity index is 2.39. The van der Waals surface area contributed by atoms with Gasteiger partial charge in [0, 0.05) is 0 Å². The van der Waals surface area contributed by atoms with E-state index in [1.807, 2.05) is 49.6 Å². The van der Waals surface area contributed by atoms with E-state index in [0.717, 1.165) is 0 Å². The van der Waals surface area contributed by atoms with Gasteiger partial charge in [0.2, 0.25) is 0 Å². The van der Waals surface area contributed by atoms with Gasteiger partial charge in [0.1, 0.15) is 14.5 Å². The second kappa shape index (κ2) is 6.04. The monoisotopic (exact) mass is 253 g/mol. The average molecular weight is 253 g/mol. The molecule has 3 heteroatoms. The van der Waals surface area contributed by atoms with Crippen LogP contribution in [0.2, 0.25) is 0 Å². The zero-order valence-electron chi connectivity index (χ0n) is 10.3. The highest BCUT2D eigenvalue weighted by Gasteiger charge is 2.24. The van der Waals surface area contributed by atoms with E-state index < -0.39 is 8.80 Å². The minimum atomic E-state index is -1.51. The molecular weight excluding hydrogens is 238 g/mol. The van der Waals surface area contributed by atoms with Gasteiger partial charge in [-0.3, -0.25) is 0 Å². The van der Waals surface area contributed by atoms with Crippen LogP contribution in [0.15, 0.2) is 60.7 Å². The minimum absolute atomic E-state index is 0.0419. The standard InChI is InChI=1S/C15H15NOSi/c1-13(17-12-16)18(14-8-4-2-5-9-14)15-10-6-3-7-11-15/h2-11,13,18H,1H3. The van der Waals surface area contributed by atoms with Gasteiger partial charge in [0.15, 0.2) is 0 Å². The Bertz CT molecular complexity index is 482. The van der Waals surface area contributed by atoms with Crippen LogP contribution in [0.1, 0.15) is 6.92 Å². The highest BCUT2D eigenvalue weighted by atomic mass is 28.3. The van der Waals surface area contributed by atoms with Crippen molar-refractivity contribution in [2.24, 2.45) is 0 Å². The molecule has 90 valence electrons. The van der Waals surface area contributed by atoms with Crippen LogP contribution in [0.4, 0.5) is 0 Å². The number of nitriles is 1. The van der Waals surface area contributed by atoms with Crippen LogP contribution in [0.5, 0.6) is 0 Å². The van der Waals surface area contributed by atoms with Crippen molar-refractivity contribution in [2.75, 3.05) is 0 Å². The van der Waals surface area contributed by atoms with Crippen LogP contribution in [0.25, 0.3) is 0 Å².